The lowest BCUT2D eigenvalue weighted by Gasteiger charge is -2.16. The number of hydrogen-bond donors (Lipinski definition) is 1. The van der Waals surface area contributed by atoms with Crippen molar-refractivity contribution >= 4 is 22.2 Å². The van der Waals surface area contributed by atoms with E-state index in [4.69, 9.17) is 9.47 Å². The number of ether oxygens (including phenoxy) is 2. The Morgan fingerprint density at radius 2 is 1.69 bits per heavy atom. The molecule has 148 valence electrons. The first-order valence-electron chi connectivity index (χ1n) is 9.49. The van der Waals surface area contributed by atoms with Crippen molar-refractivity contribution in [3.05, 3.63) is 69.8 Å². The molecule has 1 N–H and O–H groups in total. The molecule has 2 heterocycles. The quantitative estimate of drug-likeness (QED) is 0.439. The van der Waals surface area contributed by atoms with Crippen LogP contribution in [-0.4, -0.2) is 19.2 Å². The summed E-state index contributed by atoms with van der Waals surface area (Å²) in [7, 11) is 3.21. The summed E-state index contributed by atoms with van der Waals surface area (Å²) in [4.78, 5) is 17.2. The fraction of sp³-hybridized carbons (Fsp3) is 0.208. The van der Waals surface area contributed by atoms with Crippen molar-refractivity contribution in [1.82, 2.24) is 4.98 Å². The van der Waals surface area contributed by atoms with Gasteiger partial charge in [-0.25, -0.2) is 0 Å². The second-order valence-electron chi connectivity index (χ2n) is 7.21. The van der Waals surface area contributed by atoms with E-state index in [1.807, 2.05) is 29.6 Å². The fourth-order valence-corrected chi connectivity index (χ4v) is 4.40. The Bertz CT molecular complexity index is 1220. The van der Waals surface area contributed by atoms with Gasteiger partial charge in [-0.05, 0) is 34.6 Å². The highest BCUT2D eigenvalue weighted by atomic mass is 32.1. The monoisotopic (exact) mass is 405 g/mol. The molecule has 0 fully saturated rings. The van der Waals surface area contributed by atoms with Gasteiger partial charge < -0.3 is 14.5 Å². The average molecular weight is 406 g/mol. The summed E-state index contributed by atoms with van der Waals surface area (Å²) in [6, 6.07) is 16.1. The van der Waals surface area contributed by atoms with Gasteiger partial charge in [-0.1, -0.05) is 44.2 Å². The Morgan fingerprint density at radius 1 is 0.931 bits per heavy atom. The molecular formula is C24H23NO3S. The van der Waals surface area contributed by atoms with E-state index < -0.39 is 0 Å². The predicted octanol–water partition coefficient (Wildman–Crippen LogP) is 6.06. The van der Waals surface area contributed by atoms with Gasteiger partial charge in [-0.2, -0.15) is 0 Å². The number of aromatic amines is 1. The SMILES string of the molecule is COc1cc2[nH]c(=O)c(-c3cccs3)c(-c3cccc(C(C)C)c3)c2cc1OC. The lowest BCUT2D eigenvalue weighted by molar-refractivity contribution is 0.356. The van der Waals surface area contributed by atoms with Crippen LogP contribution in [0.4, 0.5) is 0 Å². The number of H-pyrrole nitrogens is 1. The van der Waals surface area contributed by atoms with Gasteiger partial charge in [-0.15, -0.1) is 11.3 Å². The van der Waals surface area contributed by atoms with Crippen LogP contribution in [0.25, 0.3) is 32.5 Å². The Kier molecular flexibility index (Phi) is 5.16. The molecule has 0 saturated heterocycles. The van der Waals surface area contributed by atoms with E-state index in [1.54, 1.807) is 25.6 Å². The second-order valence-corrected chi connectivity index (χ2v) is 8.16. The largest absolute Gasteiger partial charge is 0.493 e. The molecule has 29 heavy (non-hydrogen) atoms. The highest BCUT2D eigenvalue weighted by Crippen LogP contribution is 2.41. The molecule has 0 atom stereocenters. The third kappa shape index (κ3) is 3.42. The number of pyridine rings is 1. The molecule has 0 aliphatic rings. The number of fused-ring (bicyclic) bond motifs is 1. The number of hydrogen-bond acceptors (Lipinski definition) is 4. The number of benzene rings is 2. The molecule has 0 amide bonds. The molecule has 4 nitrogen and oxygen atoms in total. The molecular weight excluding hydrogens is 382 g/mol. The van der Waals surface area contributed by atoms with Crippen LogP contribution in [-0.2, 0) is 0 Å². The molecule has 2 aromatic heterocycles. The molecule has 0 spiro atoms. The zero-order valence-corrected chi connectivity index (χ0v) is 17.7. The molecule has 0 unspecified atom stereocenters. The van der Waals surface area contributed by atoms with Crippen molar-refractivity contribution in [2.75, 3.05) is 14.2 Å². The van der Waals surface area contributed by atoms with E-state index in [2.05, 4.69) is 43.1 Å². The Morgan fingerprint density at radius 3 is 2.34 bits per heavy atom. The van der Waals surface area contributed by atoms with E-state index in [-0.39, 0.29) is 5.56 Å². The maximum Gasteiger partial charge on any atom is 0.257 e. The number of thiophene rings is 1. The first-order valence-corrected chi connectivity index (χ1v) is 10.4. The zero-order chi connectivity index (χ0) is 20.5. The summed E-state index contributed by atoms with van der Waals surface area (Å²) in [5.41, 5.74) is 4.45. The van der Waals surface area contributed by atoms with Crippen molar-refractivity contribution in [2.45, 2.75) is 19.8 Å². The number of methoxy groups -OCH3 is 2. The maximum absolute atomic E-state index is 13.2. The molecule has 0 aliphatic carbocycles. The van der Waals surface area contributed by atoms with Gasteiger partial charge in [0.2, 0.25) is 0 Å². The molecule has 0 bridgehead atoms. The lowest BCUT2D eigenvalue weighted by atomic mass is 9.92. The van der Waals surface area contributed by atoms with E-state index in [0.717, 1.165) is 26.9 Å². The minimum atomic E-state index is -0.114. The number of aromatic nitrogens is 1. The topological polar surface area (TPSA) is 51.3 Å². The van der Waals surface area contributed by atoms with Crippen LogP contribution in [0.15, 0.2) is 58.7 Å². The summed E-state index contributed by atoms with van der Waals surface area (Å²) in [6.07, 6.45) is 0. The fourth-order valence-electron chi connectivity index (χ4n) is 3.63. The molecule has 0 aliphatic heterocycles. The van der Waals surface area contributed by atoms with E-state index >= 15 is 0 Å². The Hall–Kier alpha value is -3.05. The van der Waals surface area contributed by atoms with E-state index in [1.165, 1.54) is 5.56 Å². The van der Waals surface area contributed by atoms with Gasteiger partial charge in [0.1, 0.15) is 0 Å². The van der Waals surface area contributed by atoms with Crippen LogP contribution in [0.5, 0.6) is 11.5 Å². The summed E-state index contributed by atoms with van der Waals surface area (Å²) >= 11 is 1.56. The van der Waals surface area contributed by atoms with Crippen LogP contribution in [0.3, 0.4) is 0 Å². The summed E-state index contributed by atoms with van der Waals surface area (Å²) in [5.74, 6) is 1.61. The zero-order valence-electron chi connectivity index (χ0n) is 16.9. The van der Waals surface area contributed by atoms with E-state index in [0.29, 0.717) is 23.0 Å². The van der Waals surface area contributed by atoms with Gasteiger partial charge in [0, 0.05) is 21.9 Å². The minimum Gasteiger partial charge on any atom is -0.493 e. The third-order valence-electron chi connectivity index (χ3n) is 5.13. The van der Waals surface area contributed by atoms with Crippen LogP contribution >= 0.6 is 11.3 Å². The Balaban J connectivity index is 2.15. The van der Waals surface area contributed by atoms with Crippen molar-refractivity contribution in [2.24, 2.45) is 0 Å². The van der Waals surface area contributed by atoms with E-state index in [9.17, 15) is 4.79 Å². The van der Waals surface area contributed by atoms with Crippen LogP contribution in [0.2, 0.25) is 0 Å². The van der Waals surface area contributed by atoms with Gasteiger partial charge in [0.15, 0.2) is 11.5 Å². The standard InChI is InChI=1S/C24H23NO3S/c1-14(2)15-7-5-8-16(11-15)22-17-12-19(27-3)20(28-4)13-18(17)25-24(26)23(22)21-9-6-10-29-21/h5-14H,1-4H3,(H,25,26). The number of rotatable bonds is 5. The van der Waals surface area contributed by atoms with Gasteiger partial charge in [-0.3, -0.25) is 4.79 Å². The van der Waals surface area contributed by atoms with Crippen LogP contribution < -0.4 is 15.0 Å². The van der Waals surface area contributed by atoms with Crippen molar-refractivity contribution in [3.63, 3.8) is 0 Å². The third-order valence-corrected chi connectivity index (χ3v) is 6.02. The van der Waals surface area contributed by atoms with Crippen molar-refractivity contribution < 1.29 is 9.47 Å². The summed E-state index contributed by atoms with van der Waals surface area (Å²) < 4.78 is 11.0. The normalized spacial score (nSPS) is 11.2. The van der Waals surface area contributed by atoms with Gasteiger partial charge >= 0.3 is 0 Å². The summed E-state index contributed by atoms with van der Waals surface area (Å²) in [6.45, 7) is 4.34. The maximum atomic E-state index is 13.2. The predicted molar refractivity (Wildman–Crippen MR) is 121 cm³/mol. The highest BCUT2D eigenvalue weighted by Gasteiger charge is 2.19. The highest BCUT2D eigenvalue weighted by molar-refractivity contribution is 7.13. The smallest absolute Gasteiger partial charge is 0.257 e. The molecule has 0 radical (unpaired) electrons. The molecule has 5 heteroatoms. The molecule has 4 rings (SSSR count). The molecule has 2 aromatic carbocycles. The van der Waals surface area contributed by atoms with Crippen LogP contribution in [0.1, 0.15) is 25.3 Å². The minimum absolute atomic E-state index is 0.114. The first-order chi connectivity index (χ1) is 14.0. The summed E-state index contributed by atoms with van der Waals surface area (Å²) in [5, 5.41) is 2.91. The lowest BCUT2D eigenvalue weighted by Crippen LogP contribution is -2.11. The van der Waals surface area contributed by atoms with Gasteiger partial charge in [0.25, 0.3) is 5.56 Å². The van der Waals surface area contributed by atoms with Crippen LogP contribution in [0, 0.1) is 0 Å². The molecule has 0 saturated carbocycles. The molecule has 4 aromatic rings. The van der Waals surface area contributed by atoms with Crippen molar-refractivity contribution in [3.8, 4) is 33.1 Å². The second kappa shape index (κ2) is 7.76. The van der Waals surface area contributed by atoms with Gasteiger partial charge in [0.05, 0.1) is 25.3 Å². The first kappa shape index (κ1) is 19.3. The van der Waals surface area contributed by atoms with Crippen molar-refractivity contribution in [1.29, 1.82) is 0 Å². The Labute approximate surface area is 173 Å². The average Bonchev–Trinajstić information content (AvgIpc) is 3.26. The number of nitrogens with one attached hydrogen (secondary N) is 1.